The standard InChI is InChI=1S/C12H9Br2ClN2O/c1-7-5-10(15)17-11(16-7)6-18-12-8(13)3-2-4-9(12)14/h2-5H,6H2,1H3. The van der Waals surface area contributed by atoms with Gasteiger partial charge in [0.1, 0.15) is 17.5 Å². The van der Waals surface area contributed by atoms with E-state index in [-0.39, 0.29) is 6.61 Å². The van der Waals surface area contributed by atoms with Gasteiger partial charge in [-0.05, 0) is 57.0 Å². The lowest BCUT2D eigenvalue weighted by molar-refractivity contribution is 0.292. The highest BCUT2D eigenvalue weighted by molar-refractivity contribution is 9.11. The molecule has 0 aliphatic heterocycles. The van der Waals surface area contributed by atoms with Gasteiger partial charge in [-0.1, -0.05) is 17.7 Å². The van der Waals surface area contributed by atoms with Crippen LogP contribution in [0.3, 0.4) is 0 Å². The van der Waals surface area contributed by atoms with Gasteiger partial charge in [0.15, 0.2) is 5.82 Å². The summed E-state index contributed by atoms with van der Waals surface area (Å²) >= 11 is 12.7. The Morgan fingerprint density at radius 2 is 1.89 bits per heavy atom. The Morgan fingerprint density at radius 1 is 1.22 bits per heavy atom. The quantitative estimate of drug-likeness (QED) is 0.719. The van der Waals surface area contributed by atoms with Crippen molar-refractivity contribution >= 4 is 43.5 Å². The Labute approximate surface area is 127 Å². The third-order valence-electron chi connectivity index (χ3n) is 2.13. The third-order valence-corrected chi connectivity index (χ3v) is 3.58. The number of hydrogen-bond donors (Lipinski definition) is 0. The highest BCUT2D eigenvalue weighted by Crippen LogP contribution is 2.33. The van der Waals surface area contributed by atoms with E-state index in [1.807, 2.05) is 25.1 Å². The minimum atomic E-state index is 0.266. The fraction of sp³-hybridized carbons (Fsp3) is 0.167. The molecule has 0 unspecified atom stereocenters. The molecule has 6 heteroatoms. The van der Waals surface area contributed by atoms with Gasteiger partial charge in [0, 0.05) is 5.69 Å². The van der Waals surface area contributed by atoms with Gasteiger partial charge >= 0.3 is 0 Å². The predicted octanol–water partition coefficient (Wildman–Crippen LogP) is 4.54. The summed E-state index contributed by atoms with van der Waals surface area (Å²) in [6, 6.07) is 7.44. The number of aromatic nitrogens is 2. The third kappa shape index (κ3) is 3.43. The van der Waals surface area contributed by atoms with Crippen molar-refractivity contribution in [2.45, 2.75) is 13.5 Å². The maximum Gasteiger partial charge on any atom is 0.167 e. The molecule has 1 aromatic carbocycles. The van der Waals surface area contributed by atoms with Crippen molar-refractivity contribution < 1.29 is 4.74 Å². The van der Waals surface area contributed by atoms with Crippen molar-refractivity contribution in [1.29, 1.82) is 0 Å². The molecule has 0 aliphatic carbocycles. The van der Waals surface area contributed by atoms with E-state index in [1.165, 1.54) is 0 Å². The Hall–Kier alpha value is -0.650. The maximum absolute atomic E-state index is 5.87. The lowest BCUT2D eigenvalue weighted by Crippen LogP contribution is -2.03. The molecule has 0 bridgehead atoms. The van der Waals surface area contributed by atoms with Crippen LogP contribution < -0.4 is 4.74 Å². The van der Waals surface area contributed by atoms with Crippen LogP contribution in [0, 0.1) is 6.92 Å². The predicted molar refractivity (Wildman–Crippen MR) is 78.0 cm³/mol. The number of nitrogens with zero attached hydrogens (tertiary/aromatic N) is 2. The minimum absolute atomic E-state index is 0.266. The number of rotatable bonds is 3. The van der Waals surface area contributed by atoms with Crippen molar-refractivity contribution in [2.24, 2.45) is 0 Å². The Kier molecular flexibility index (Phi) is 4.59. The van der Waals surface area contributed by atoms with Crippen molar-refractivity contribution in [1.82, 2.24) is 9.97 Å². The van der Waals surface area contributed by atoms with Crippen LogP contribution in [0.4, 0.5) is 0 Å². The number of hydrogen-bond acceptors (Lipinski definition) is 3. The molecule has 94 valence electrons. The topological polar surface area (TPSA) is 35.0 Å². The zero-order valence-electron chi connectivity index (χ0n) is 9.45. The fourth-order valence-corrected chi connectivity index (χ4v) is 2.89. The van der Waals surface area contributed by atoms with Crippen LogP contribution in [0.2, 0.25) is 5.15 Å². The summed E-state index contributed by atoms with van der Waals surface area (Å²) in [6.07, 6.45) is 0. The Bertz CT molecular complexity index is 537. The van der Waals surface area contributed by atoms with E-state index in [1.54, 1.807) is 6.07 Å². The van der Waals surface area contributed by atoms with Gasteiger partial charge in [-0.2, -0.15) is 0 Å². The van der Waals surface area contributed by atoms with Crippen molar-refractivity contribution in [3.63, 3.8) is 0 Å². The van der Waals surface area contributed by atoms with Gasteiger partial charge in [0.05, 0.1) is 8.95 Å². The van der Waals surface area contributed by atoms with Crippen molar-refractivity contribution in [3.8, 4) is 5.75 Å². The summed E-state index contributed by atoms with van der Waals surface area (Å²) in [5, 5.41) is 0.423. The average Bonchev–Trinajstić information content (AvgIpc) is 2.27. The molecule has 0 spiro atoms. The first-order chi connectivity index (χ1) is 8.56. The van der Waals surface area contributed by atoms with E-state index < -0.39 is 0 Å². The van der Waals surface area contributed by atoms with Crippen LogP contribution in [0.1, 0.15) is 11.5 Å². The smallest absolute Gasteiger partial charge is 0.167 e. The normalized spacial score (nSPS) is 10.4. The second-order valence-electron chi connectivity index (χ2n) is 3.59. The Morgan fingerprint density at radius 3 is 2.50 bits per heavy atom. The van der Waals surface area contributed by atoms with Crippen LogP contribution in [0.25, 0.3) is 0 Å². The number of ether oxygens (including phenoxy) is 1. The first-order valence-corrected chi connectivity index (χ1v) is 7.09. The molecule has 1 aromatic heterocycles. The molecular weight excluding hydrogens is 383 g/mol. The highest BCUT2D eigenvalue weighted by atomic mass is 79.9. The van der Waals surface area contributed by atoms with E-state index >= 15 is 0 Å². The number of halogens is 3. The van der Waals surface area contributed by atoms with E-state index in [0.29, 0.717) is 11.0 Å². The zero-order chi connectivity index (χ0) is 13.1. The SMILES string of the molecule is Cc1cc(Cl)nc(COc2c(Br)cccc2Br)n1. The summed E-state index contributed by atoms with van der Waals surface area (Å²) in [5.41, 5.74) is 0.819. The fourth-order valence-electron chi connectivity index (χ4n) is 1.41. The van der Waals surface area contributed by atoms with Crippen LogP contribution in [0.5, 0.6) is 5.75 Å². The second kappa shape index (κ2) is 5.99. The summed E-state index contributed by atoms with van der Waals surface area (Å²) in [6.45, 7) is 2.13. The number of para-hydroxylation sites is 1. The minimum Gasteiger partial charge on any atom is -0.483 e. The van der Waals surface area contributed by atoms with Gasteiger partial charge in [-0.3, -0.25) is 0 Å². The summed E-state index contributed by atoms with van der Waals surface area (Å²) in [5.74, 6) is 1.28. The Balaban J connectivity index is 2.16. The first kappa shape index (κ1) is 13.8. The van der Waals surface area contributed by atoms with Gasteiger partial charge in [0.25, 0.3) is 0 Å². The molecule has 0 saturated heterocycles. The van der Waals surface area contributed by atoms with E-state index in [9.17, 15) is 0 Å². The molecular formula is C12H9Br2ClN2O. The van der Waals surface area contributed by atoms with Crippen molar-refractivity contribution in [2.75, 3.05) is 0 Å². The van der Waals surface area contributed by atoms with E-state index in [2.05, 4.69) is 41.8 Å². The number of aryl methyl sites for hydroxylation is 1. The average molecular weight is 392 g/mol. The van der Waals surface area contributed by atoms with Gasteiger partial charge in [-0.15, -0.1) is 0 Å². The molecule has 0 saturated carbocycles. The largest absolute Gasteiger partial charge is 0.483 e. The lowest BCUT2D eigenvalue weighted by Gasteiger charge is -2.09. The molecule has 3 nitrogen and oxygen atoms in total. The zero-order valence-corrected chi connectivity index (χ0v) is 13.4. The lowest BCUT2D eigenvalue weighted by atomic mass is 10.3. The van der Waals surface area contributed by atoms with E-state index in [0.717, 1.165) is 20.4 Å². The maximum atomic E-state index is 5.87. The van der Waals surface area contributed by atoms with Crippen LogP contribution in [-0.2, 0) is 6.61 Å². The number of benzene rings is 1. The molecule has 0 amide bonds. The summed E-state index contributed by atoms with van der Waals surface area (Å²) in [4.78, 5) is 8.36. The molecule has 2 aromatic rings. The van der Waals surface area contributed by atoms with Crippen LogP contribution >= 0.6 is 43.5 Å². The van der Waals surface area contributed by atoms with E-state index in [4.69, 9.17) is 16.3 Å². The molecule has 2 rings (SSSR count). The van der Waals surface area contributed by atoms with Gasteiger partial charge in [0.2, 0.25) is 0 Å². The molecule has 1 heterocycles. The molecule has 0 aliphatic rings. The van der Waals surface area contributed by atoms with Gasteiger partial charge in [-0.25, -0.2) is 9.97 Å². The molecule has 0 fully saturated rings. The summed E-state index contributed by atoms with van der Waals surface area (Å²) < 4.78 is 7.43. The van der Waals surface area contributed by atoms with Gasteiger partial charge < -0.3 is 4.74 Å². The second-order valence-corrected chi connectivity index (χ2v) is 5.68. The van der Waals surface area contributed by atoms with Crippen LogP contribution in [-0.4, -0.2) is 9.97 Å². The summed E-state index contributed by atoms with van der Waals surface area (Å²) in [7, 11) is 0. The molecule has 0 N–H and O–H groups in total. The van der Waals surface area contributed by atoms with Crippen LogP contribution in [0.15, 0.2) is 33.2 Å². The molecule has 18 heavy (non-hydrogen) atoms. The van der Waals surface area contributed by atoms with Crippen molar-refractivity contribution in [3.05, 3.63) is 49.9 Å². The molecule has 0 atom stereocenters. The monoisotopic (exact) mass is 390 g/mol. The molecule has 0 radical (unpaired) electrons. The highest BCUT2D eigenvalue weighted by Gasteiger charge is 2.08. The first-order valence-electron chi connectivity index (χ1n) is 5.13.